The summed E-state index contributed by atoms with van der Waals surface area (Å²) < 4.78 is 0. The SMILES string of the molecule is O=C(C1CC2CCCCC2N1C(=O)c1ccccc1)N1CCC2CCC(C1)N2. The van der Waals surface area contributed by atoms with Crippen LogP contribution in [0, 0.1) is 5.92 Å². The number of fused-ring (bicyclic) bond motifs is 3. The second-order valence-corrected chi connectivity index (χ2v) is 9.15. The zero-order valence-corrected chi connectivity index (χ0v) is 16.6. The zero-order chi connectivity index (χ0) is 19.1. The fourth-order valence-corrected chi connectivity index (χ4v) is 6.06. The van der Waals surface area contributed by atoms with Gasteiger partial charge in [0.2, 0.25) is 5.91 Å². The minimum Gasteiger partial charge on any atom is -0.339 e. The van der Waals surface area contributed by atoms with Gasteiger partial charge in [0.1, 0.15) is 6.04 Å². The summed E-state index contributed by atoms with van der Waals surface area (Å²) in [6, 6.07) is 10.5. The number of rotatable bonds is 2. The van der Waals surface area contributed by atoms with Gasteiger partial charge in [-0.1, -0.05) is 31.0 Å². The van der Waals surface area contributed by atoms with Gasteiger partial charge in [-0.3, -0.25) is 9.59 Å². The van der Waals surface area contributed by atoms with Crippen LogP contribution in [-0.2, 0) is 4.79 Å². The summed E-state index contributed by atoms with van der Waals surface area (Å²) in [7, 11) is 0. The first-order valence-electron chi connectivity index (χ1n) is 11.1. The second kappa shape index (κ2) is 7.51. The smallest absolute Gasteiger partial charge is 0.254 e. The van der Waals surface area contributed by atoms with E-state index in [0.717, 1.165) is 51.6 Å². The molecule has 5 nitrogen and oxygen atoms in total. The Morgan fingerprint density at radius 1 is 0.929 bits per heavy atom. The van der Waals surface area contributed by atoms with E-state index in [0.29, 0.717) is 23.6 Å². The van der Waals surface area contributed by atoms with Gasteiger partial charge in [0.05, 0.1) is 0 Å². The number of nitrogens with one attached hydrogen (secondary N) is 1. The summed E-state index contributed by atoms with van der Waals surface area (Å²) in [6.45, 7) is 1.63. The zero-order valence-electron chi connectivity index (χ0n) is 16.6. The Hall–Kier alpha value is -1.88. The molecule has 2 amide bonds. The van der Waals surface area contributed by atoms with Crippen molar-refractivity contribution in [1.29, 1.82) is 0 Å². The molecule has 28 heavy (non-hydrogen) atoms. The number of hydrogen-bond acceptors (Lipinski definition) is 3. The lowest BCUT2D eigenvalue weighted by molar-refractivity contribution is -0.135. The number of carbonyl (C=O) groups excluding carboxylic acids is 2. The van der Waals surface area contributed by atoms with Crippen molar-refractivity contribution in [2.45, 2.75) is 75.5 Å². The molecule has 3 aliphatic heterocycles. The maximum atomic E-state index is 13.6. The Morgan fingerprint density at radius 3 is 2.57 bits per heavy atom. The highest BCUT2D eigenvalue weighted by Gasteiger charge is 2.49. The van der Waals surface area contributed by atoms with Gasteiger partial charge >= 0.3 is 0 Å². The number of likely N-dealkylation sites (tertiary alicyclic amines) is 2. The third-order valence-electron chi connectivity index (χ3n) is 7.46. The molecule has 1 aliphatic carbocycles. The lowest BCUT2D eigenvalue weighted by Crippen LogP contribution is -2.52. The van der Waals surface area contributed by atoms with Crippen LogP contribution < -0.4 is 5.32 Å². The highest BCUT2D eigenvalue weighted by Crippen LogP contribution is 2.41. The van der Waals surface area contributed by atoms with Crippen LogP contribution in [0.4, 0.5) is 0 Å². The maximum Gasteiger partial charge on any atom is 0.254 e. The number of benzene rings is 1. The average Bonchev–Trinajstić information content (AvgIpc) is 3.27. The fraction of sp³-hybridized carbons (Fsp3) is 0.652. The first-order chi connectivity index (χ1) is 13.7. The average molecular weight is 382 g/mol. The molecule has 1 aromatic rings. The van der Waals surface area contributed by atoms with Gasteiger partial charge in [-0.05, 0) is 56.6 Å². The number of carbonyl (C=O) groups is 2. The van der Waals surface area contributed by atoms with E-state index in [2.05, 4.69) is 10.2 Å². The standard InChI is InChI=1S/C23H31N3O2/c27-22(16-6-2-1-3-7-16)26-20-9-5-4-8-17(20)14-21(26)23(28)25-13-12-18-10-11-19(15-25)24-18/h1-3,6-7,17-21,24H,4-5,8-15H2. The first-order valence-corrected chi connectivity index (χ1v) is 11.1. The van der Waals surface area contributed by atoms with E-state index in [1.807, 2.05) is 35.2 Å². The molecule has 4 fully saturated rings. The fourth-order valence-electron chi connectivity index (χ4n) is 6.06. The molecule has 150 valence electrons. The van der Waals surface area contributed by atoms with Gasteiger partial charge in [-0.15, -0.1) is 0 Å². The molecule has 5 rings (SSSR count). The van der Waals surface area contributed by atoms with Gasteiger partial charge in [-0.2, -0.15) is 0 Å². The van der Waals surface area contributed by atoms with Crippen molar-refractivity contribution in [3.63, 3.8) is 0 Å². The van der Waals surface area contributed by atoms with Gasteiger partial charge in [0.15, 0.2) is 0 Å². The summed E-state index contributed by atoms with van der Waals surface area (Å²) >= 11 is 0. The summed E-state index contributed by atoms with van der Waals surface area (Å²) in [4.78, 5) is 31.1. The lowest BCUT2D eigenvalue weighted by atomic mass is 9.84. The van der Waals surface area contributed by atoms with E-state index >= 15 is 0 Å². The van der Waals surface area contributed by atoms with Crippen LogP contribution in [-0.4, -0.2) is 58.9 Å². The molecule has 5 atom stereocenters. The van der Waals surface area contributed by atoms with Gasteiger partial charge in [-0.25, -0.2) is 0 Å². The summed E-state index contributed by atoms with van der Waals surface area (Å²) in [5, 5.41) is 3.66. The summed E-state index contributed by atoms with van der Waals surface area (Å²) in [5.41, 5.74) is 0.711. The molecule has 3 saturated heterocycles. The normalized spacial score (nSPS) is 34.8. The second-order valence-electron chi connectivity index (χ2n) is 9.15. The monoisotopic (exact) mass is 381 g/mol. The maximum absolute atomic E-state index is 13.6. The summed E-state index contributed by atoms with van der Waals surface area (Å²) in [6.07, 6.45) is 8.87. The van der Waals surface area contributed by atoms with Gasteiger partial charge < -0.3 is 15.1 Å². The van der Waals surface area contributed by atoms with Crippen molar-refractivity contribution in [3.05, 3.63) is 35.9 Å². The molecule has 2 bridgehead atoms. The van der Waals surface area contributed by atoms with E-state index in [1.165, 1.54) is 12.8 Å². The molecule has 5 heteroatoms. The minimum atomic E-state index is -0.280. The number of hydrogen-bond donors (Lipinski definition) is 1. The number of nitrogens with zero attached hydrogens (tertiary/aromatic N) is 2. The Balaban J connectivity index is 1.41. The van der Waals surface area contributed by atoms with E-state index in [4.69, 9.17) is 0 Å². The van der Waals surface area contributed by atoms with E-state index in [9.17, 15) is 9.59 Å². The van der Waals surface area contributed by atoms with Crippen molar-refractivity contribution in [2.24, 2.45) is 5.92 Å². The molecule has 0 aromatic heterocycles. The molecule has 0 radical (unpaired) electrons. The molecule has 1 saturated carbocycles. The van der Waals surface area contributed by atoms with Crippen LogP contribution in [0.2, 0.25) is 0 Å². The molecule has 5 unspecified atom stereocenters. The molecule has 1 N–H and O–H groups in total. The van der Waals surface area contributed by atoms with Crippen molar-refractivity contribution in [1.82, 2.24) is 15.1 Å². The topological polar surface area (TPSA) is 52.7 Å². The third kappa shape index (κ3) is 3.24. The first kappa shape index (κ1) is 18.2. The summed E-state index contributed by atoms with van der Waals surface area (Å²) in [5.74, 6) is 0.716. The molecular formula is C23H31N3O2. The van der Waals surface area contributed by atoms with Gasteiger partial charge in [0.25, 0.3) is 5.91 Å². The highest BCUT2D eigenvalue weighted by atomic mass is 16.2. The van der Waals surface area contributed by atoms with E-state index in [-0.39, 0.29) is 23.9 Å². The van der Waals surface area contributed by atoms with Crippen molar-refractivity contribution in [2.75, 3.05) is 13.1 Å². The highest BCUT2D eigenvalue weighted by molar-refractivity contribution is 5.98. The molecular weight excluding hydrogens is 350 g/mol. The Labute approximate surface area is 167 Å². The lowest BCUT2D eigenvalue weighted by Gasteiger charge is -2.35. The van der Waals surface area contributed by atoms with Crippen LogP contribution in [0.1, 0.15) is 61.7 Å². The number of amides is 2. The predicted molar refractivity (Wildman–Crippen MR) is 108 cm³/mol. The predicted octanol–water partition coefficient (Wildman–Crippen LogP) is 2.81. The van der Waals surface area contributed by atoms with Crippen LogP contribution in [0.25, 0.3) is 0 Å². The van der Waals surface area contributed by atoms with Crippen molar-refractivity contribution < 1.29 is 9.59 Å². The minimum absolute atomic E-state index is 0.0443. The Morgan fingerprint density at radius 2 is 1.71 bits per heavy atom. The molecule has 0 spiro atoms. The Bertz CT molecular complexity index is 737. The molecule has 3 heterocycles. The quantitative estimate of drug-likeness (QED) is 0.857. The van der Waals surface area contributed by atoms with Crippen LogP contribution in [0.3, 0.4) is 0 Å². The van der Waals surface area contributed by atoms with E-state index in [1.54, 1.807) is 0 Å². The molecule has 1 aromatic carbocycles. The van der Waals surface area contributed by atoms with Crippen LogP contribution in [0.15, 0.2) is 30.3 Å². The van der Waals surface area contributed by atoms with Gasteiger partial charge in [0, 0.05) is 36.8 Å². The van der Waals surface area contributed by atoms with Crippen LogP contribution >= 0.6 is 0 Å². The largest absolute Gasteiger partial charge is 0.339 e. The van der Waals surface area contributed by atoms with Crippen molar-refractivity contribution in [3.8, 4) is 0 Å². The van der Waals surface area contributed by atoms with Crippen molar-refractivity contribution >= 4 is 11.8 Å². The third-order valence-corrected chi connectivity index (χ3v) is 7.46. The Kier molecular flexibility index (Phi) is 4.87. The van der Waals surface area contributed by atoms with Crippen LogP contribution in [0.5, 0.6) is 0 Å². The molecule has 4 aliphatic rings. The van der Waals surface area contributed by atoms with E-state index < -0.39 is 0 Å².